The van der Waals surface area contributed by atoms with Crippen molar-refractivity contribution in [3.05, 3.63) is 77.9 Å². The van der Waals surface area contributed by atoms with Crippen LogP contribution in [-0.4, -0.2) is 28.0 Å². The van der Waals surface area contributed by atoms with E-state index in [0.29, 0.717) is 30.2 Å². The molecule has 3 aromatic rings. The van der Waals surface area contributed by atoms with E-state index >= 15 is 0 Å². The Labute approximate surface area is 213 Å². The highest BCUT2D eigenvalue weighted by molar-refractivity contribution is 7.92. The quantitative estimate of drug-likeness (QED) is 0.312. The van der Waals surface area contributed by atoms with Gasteiger partial charge in [0, 0.05) is 16.8 Å². The van der Waals surface area contributed by atoms with Gasteiger partial charge in [-0.25, -0.2) is 8.42 Å². The van der Waals surface area contributed by atoms with E-state index < -0.39 is 15.4 Å². The third kappa shape index (κ3) is 7.24. The van der Waals surface area contributed by atoms with Gasteiger partial charge in [-0.2, -0.15) is 0 Å². The fourth-order valence-corrected chi connectivity index (χ4v) is 4.62. The fourth-order valence-electron chi connectivity index (χ4n) is 3.56. The summed E-state index contributed by atoms with van der Waals surface area (Å²) < 4.78 is 38.9. The smallest absolute Gasteiger partial charge is 0.261 e. The monoisotopic (exact) mass is 510 g/mol. The molecule has 8 heteroatoms. The van der Waals surface area contributed by atoms with Crippen molar-refractivity contribution in [1.29, 1.82) is 0 Å². The number of amides is 1. The Morgan fingerprint density at radius 2 is 1.56 bits per heavy atom. The van der Waals surface area contributed by atoms with Crippen molar-refractivity contribution in [3.8, 4) is 11.5 Å². The summed E-state index contributed by atoms with van der Waals surface area (Å²) in [7, 11) is -2.22. The van der Waals surface area contributed by atoms with Crippen molar-refractivity contribution >= 4 is 27.3 Å². The summed E-state index contributed by atoms with van der Waals surface area (Å²) in [6.45, 7) is 8.33. The van der Waals surface area contributed by atoms with E-state index in [4.69, 9.17) is 9.47 Å². The van der Waals surface area contributed by atoms with E-state index in [-0.39, 0.29) is 10.8 Å². The molecule has 0 aromatic heterocycles. The van der Waals surface area contributed by atoms with E-state index in [9.17, 15) is 13.2 Å². The number of carbonyl (C=O) groups excluding carboxylic acids is 1. The van der Waals surface area contributed by atoms with Crippen LogP contribution in [0.2, 0.25) is 0 Å². The molecular formula is C28H34N2O5S. The number of rotatable bonds is 11. The van der Waals surface area contributed by atoms with Crippen molar-refractivity contribution < 1.29 is 22.7 Å². The molecule has 1 amide bonds. The largest absolute Gasteiger partial charge is 0.497 e. The molecule has 0 saturated heterocycles. The van der Waals surface area contributed by atoms with E-state index in [0.717, 1.165) is 23.3 Å². The van der Waals surface area contributed by atoms with Crippen LogP contribution in [-0.2, 0) is 14.8 Å². The molecule has 2 N–H and O–H groups in total. The maximum atomic E-state index is 12.9. The predicted molar refractivity (Wildman–Crippen MR) is 143 cm³/mol. The van der Waals surface area contributed by atoms with E-state index in [1.54, 1.807) is 43.5 Å². The Bertz CT molecular complexity index is 1280. The number of sulfonamides is 1. The molecule has 0 saturated carbocycles. The maximum absolute atomic E-state index is 12.9. The van der Waals surface area contributed by atoms with Crippen LogP contribution in [0.15, 0.2) is 71.6 Å². The summed E-state index contributed by atoms with van der Waals surface area (Å²) in [5, 5.41) is 2.89. The van der Waals surface area contributed by atoms with Crippen LogP contribution < -0.4 is 19.5 Å². The normalized spacial score (nSPS) is 11.6. The van der Waals surface area contributed by atoms with Gasteiger partial charge in [0.05, 0.1) is 18.6 Å². The first-order chi connectivity index (χ1) is 17.0. The van der Waals surface area contributed by atoms with Gasteiger partial charge < -0.3 is 14.8 Å². The third-order valence-corrected chi connectivity index (χ3v) is 7.32. The Morgan fingerprint density at radius 1 is 0.917 bits per heavy atom. The third-order valence-electron chi connectivity index (χ3n) is 5.93. The molecule has 7 nitrogen and oxygen atoms in total. The number of aryl methyl sites for hydroxylation is 2. The average Bonchev–Trinajstić information content (AvgIpc) is 2.84. The molecule has 0 aliphatic heterocycles. The zero-order chi connectivity index (χ0) is 26.3. The van der Waals surface area contributed by atoms with Crippen LogP contribution in [0.3, 0.4) is 0 Å². The Morgan fingerprint density at radius 3 is 2.19 bits per heavy atom. The number of hydrogen-bond acceptors (Lipinski definition) is 5. The Hall–Kier alpha value is -3.52. The molecule has 3 rings (SSSR count). The summed E-state index contributed by atoms with van der Waals surface area (Å²) >= 11 is 0. The lowest BCUT2D eigenvalue weighted by Gasteiger charge is -2.24. The Kier molecular flexibility index (Phi) is 8.63. The van der Waals surface area contributed by atoms with Crippen molar-refractivity contribution in [2.45, 2.75) is 45.4 Å². The molecule has 0 fully saturated rings. The lowest BCUT2D eigenvalue weighted by atomic mass is 9.87. The molecule has 0 bridgehead atoms. The fraction of sp³-hybridized carbons (Fsp3) is 0.321. The van der Waals surface area contributed by atoms with Gasteiger partial charge in [-0.3, -0.25) is 9.52 Å². The average molecular weight is 511 g/mol. The van der Waals surface area contributed by atoms with Crippen molar-refractivity contribution in [1.82, 2.24) is 0 Å². The first-order valence-electron chi connectivity index (χ1n) is 11.8. The number of anilines is 2. The summed E-state index contributed by atoms with van der Waals surface area (Å²) in [4.78, 5) is 13.0. The molecule has 0 atom stereocenters. The minimum absolute atomic E-state index is 0.0965. The van der Waals surface area contributed by atoms with Crippen LogP contribution in [0, 0.1) is 19.3 Å². The van der Waals surface area contributed by atoms with Crippen molar-refractivity contribution in [2.75, 3.05) is 23.8 Å². The van der Waals surface area contributed by atoms with Crippen molar-refractivity contribution in [3.63, 3.8) is 0 Å². The summed E-state index contributed by atoms with van der Waals surface area (Å²) in [6, 6.07) is 18.8. The second-order valence-electron chi connectivity index (χ2n) is 9.42. The summed E-state index contributed by atoms with van der Waals surface area (Å²) in [6.07, 6.45) is 1.37. The van der Waals surface area contributed by atoms with Gasteiger partial charge in [-0.05, 0) is 92.4 Å². The number of hydrogen-bond donors (Lipinski definition) is 2. The van der Waals surface area contributed by atoms with E-state index in [2.05, 4.69) is 16.1 Å². The number of nitrogens with one attached hydrogen (secondary N) is 2. The van der Waals surface area contributed by atoms with E-state index in [1.165, 1.54) is 12.1 Å². The summed E-state index contributed by atoms with van der Waals surface area (Å²) in [5.74, 6) is 1.37. The molecule has 0 aliphatic rings. The zero-order valence-electron chi connectivity index (χ0n) is 21.4. The molecular weight excluding hydrogens is 476 g/mol. The zero-order valence-corrected chi connectivity index (χ0v) is 22.2. The lowest BCUT2D eigenvalue weighted by Crippen LogP contribution is -2.31. The second-order valence-corrected chi connectivity index (χ2v) is 11.1. The highest BCUT2D eigenvalue weighted by atomic mass is 32.2. The van der Waals surface area contributed by atoms with Gasteiger partial charge in [0.25, 0.3) is 10.0 Å². The van der Waals surface area contributed by atoms with Crippen LogP contribution >= 0.6 is 0 Å². The number of carbonyl (C=O) groups is 1. The van der Waals surface area contributed by atoms with E-state index in [1.807, 2.05) is 39.8 Å². The maximum Gasteiger partial charge on any atom is 0.261 e. The molecule has 36 heavy (non-hydrogen) atoms. The lowest BCUT2D eigenvalue weighted by molar-refractivity contribution is -0.124. The van der Waals surface area contributed by atoms with Gasteiger partial charge in [0.1, 0.15) is 11.5 Å². The first-order valence-corrected chi connectivity index (χ1v) is 13.3. The molecule has 192 valence electrons. The molecule has 0 spiro atoms. The van der Waals surface area contributed by atoms with Crippen molar-refractivity contribution in [2.24, 2.45) is 5.41 Å². The van der Waals surface area contributed by atoms with Gasteiger partial charge in [0.2, 0.25) is 5.91 Å². The molecule has 0 heterocycles. The topological polar surface area (TPSA) is 93.7 Å². The predicted octanol–water partition coefficient (Wildman–Crippen LogP) is 5.94. The van der Waals surface area contributed by atoms with Gasteiger partial charge in [-0.1, -0.05) is 26.0 Å². The standard InChI is InChI=1S/C28H34N2O5S/c1-20-7-8-21(2)26(19-20)35-18-6-17-28(3,4)27(31)29-22-11-15-25(16-12-22)36(32,33)30-23-9-13-24(34-5)14-10-23/h7-16,19,30H,6,17-18H2,1-5H3,(H,29,31). The van der Waals surface area contributed by atoms with Crippen LogP contribution in [0.25, 0.3) is 0 Å². The molecule has 0 aliphatic carbocycles. The van der Waals surface area contributed by atoms with Gasteiger partial charge in [0.15, 0.2) is 0 Å². The molecule has 0 unspecified atom stereocenters. The molecule has 0 radical (unpaired) electrons. The number of ether oxygens (including phenoxy) is 2. The highest BCUT2D eigenvalue weighted by Gasteiger charge is 2.27. The minimum atomic E-state index is -3.77. The Balaban J connectivity index is 1.53. The first kappa shape index (κ1) is 27.1. The van der Waals surface area contributed by atoms with Crippen LogP contribution in [0.4, 0.5) is 11.4 Å². The minimum Gasteiger partial charge on any atom is -0.497 e. The van der Waals surface area contributed by atoms with Gasteiger partial charge in [-0.15, -0.1) is 0 Å². The number of benzene rings is 3. The van der Waals surface area contributed by atoms with Crippen LogP contribution in [0.5, 0.6) is 11.5 Å². The second kappa shape index (κ2) is 11.5. The molecule has 3 aromatic carbocycles. The SMILES string of the molecule is COc1ccc(NS(=O)(=O)c2ccc(NC(=O)C(C)(C)CCCOc3cc(C)ccc3C)cc2)cc1. The highest BCUT2D eigenvalue weighted by Crippen LogP contribution is 2.27. The number of methoxy groups -OCH3 is 1. The van der Waals surface area contributed by atoms with Crippen LogP contribution in [0.1, 0.15) is 37.8 Å². The summed E-state index contributed by atoms with van der Waals surface area (Å²) in [5.41, 5.74) is 2.57. The van der Waals surface area contributed by atoms with Gasteiger partial charge >= 0.3 is 0 Å².